The van der Waals surface area contributed by atoms with E-state index >= 15 is 0 Å². The Balaban J connectivity index is 1.78. The van der Waals surface area contributed by atoms with Crippen LogP contribution >= 0.6 is 11.6 Å². The van der Waals surface area contributed by atoms with E-state index < -0.39 is 0 Å². The number of halogens is 1. The number of rotatable bonds is 3. The number of hydrogen-bond donors (Lipinski definition) is 1. The Labute approximate surface area is 123 Å². The molecule has 0 radical (unpaired) electrons. The van der Waals surface area contributed by atoms with Gasteiger partial charge in [0.2, 0.25) is 17.2 Å². The Morgan fingerprint density at radius 3 is 2.70 bits per heavy atom. The van der Waals surface area contributed by atoms with Gasteiger partial charge in [-0.05, 0) is 44.2 Å². The fourth-order valence-electron chi connectivity index (χ4n) is 2.76. The summed E-state index contributed by atoms with van der Waals surface area (Å²) < 4.78 is 5.54. The molecule has 1 N–H and O–H groups in total. The van der Waals surface area contributed by atoms with Crippen molar-refractivity contribution in [3.63, 3.8) is 0 Å². The molecule has 0 amide bonds. The van der Waals surface area contributed by atoms with Gasteiger partial charge in [0, 0.05) is 19.7 Å². The first-order valence-corrected chi connectivity index (χ1v) is 7.55. The first-order valence-electron chi connectivity index (χ1n) is 7.17. The smallest absolute Gasteiger partial charge is 0.231 e. The average molecular weight is 298 g/mol. The van der Waals surface area contributed by atoms with E-state index in [4.69, 9.17) is 16.3 Å². The molecule has 2 fully saturated rings. The highest BCUT2D eigenvalue weighted by atomic mass is 35.5. The molecule has 0 aromatic carbocycles. The summed E-state index contributed by atoms with van der Waals surface area (Å²) >= 11 is 6.03. The Kier molecular flexibility index (Phi) is 3.94. The molecule has 1 aromatic rings. The molecule has 1 aromatic heterocycles. The summed E-state index contributed by atoms with van der Waals surface area (Å²) in [7, 11) is 0. The van der Waals surface area contributed by atoms with Crippen molar-refractivity contribution in [2.24, 2.45) is 0 Å². The van der Waals surface area contributed by atoms with Crippen molar-refractivity contribution in [3.8, 4) is 0 Å². The van der Waals surface area contributed by atoms with Crippen LogP contribution in [0.15, 0.2) is 0 Å². The largest absolute Gasteiger partial charge is 0.379 e. The van der Waals surface area contributed by atoms with Crippen LogP contribution in [0.25, 0.3) is 0 Å². The standard InChI is InChI=1S/C13H20ClN5O/c1-13(5-4-8-20-9-13)18-11-15-10(14)16-12(17-11)19-6-2-3-7-19/h2-9H2,1H3,(H,15,16,17,18). The van der Waals surface area contributed by atoms with Crippen molar-refractivity contribution < 1.29 is 4.74 Å². The van der Waals surface area contributed by atoms with Crippen LogP contribution in [0.4, 0.5) is 11.9 Å². The lowest BCUT2D eigenvalue weighted by Crippen LogP contribution is -2.43. The van der Waals surface area contributed by atoms with Crippen molar-refractivity contribution in [2.45, 2.75) is 38.1 Å². The summed E-state index contributed by atoms with van der Waals surface area (Å²) in [6.07, 6.45) is 4.44. The van der Waals surface area contributed by atoms with Gasteiger partial charge >= 0.3 is 0 Å². The summed E-state index contributed by atoms with van der Waals surface area (Å²) in [4.78, 5) is 15.1. The third-order valence-electron chi connectivity index (χ3n) is 3.84. The van der Waals surface area contributed by atoms with Crippen LogP contribution in [0, 0.1) is 0 Å². The van der Waals surface area contributed by atoms with Gasteiger partial charge in [-0.25, -0.2) is 0 Å². The van der Waals surface area contributed by atoms with Gasteiger partial charge in [0.25, 0.3) is 0 Å². The van der Waals surface area contributed by atoms with Gasteiger partial charge in [0.05, 0.1) is 12.1 Å². The first-order chi connectivity index (χ1) is 9.65. The summed E-state index contributed by atoms with van der Waals surface area (Å²) in [5, 5.41) is 3.60. The van der Waals surface area contributed by atoms with E-state index in [-0.39, 0.29) is 10.8 Å². The molecule has 0 bridgehead atoms. The molecule has 3 rings (SSSR count). The minimum absolute atomic E-state index is 0.134. The Morgan fingerprint density at radius 2 is 2.00 bits per heavy atom. The lowest BCUT2D eigenvalue weighted by molar-refractivity contribution is 0.0537. The van der Waals surface area contributed by atoms with E-state index in [1.165, 1.54) is 12.8 Å². The van der Waals surface area contributed by atoms with Crippen LogP contribution in [-0.4, -0.2) is 46.8 Å². The molecule has 0 aliphatic carbocycles. The van der Waals surface area contributed by atoms with E-state index in [0.717, 1.165) is 32.5 Å². The zero-order chi connectivity index (χ0) is 14.0. The predicted molar refractivity (Wildman–Crippen MR) is 78.4 cm³/mol. The molecule has 2 aliphatic rings. The molecule has 3 heterocycles. The van der Waals surface area contributed by atoms with Crippen LogP contribution in [0.1, 0.15) is 32.6 Å². The zero-order valence-electron chi connectivity index (χ0n) is 11.7. The summed E-state index contributed by atoms with van der Waals surface area (Å²) in [6, 6.07) is 0. The topological polar surface area (TPSA) is 63.2 Å². The number of nitrogens with zero attached hydrogens (tertiary/aromatic N) is 4. The minimum Gasteiger partial charge on any atom is -0.379 e. The Morgan fingerprint density at radius 1 is 1.20 bits per heavy atom. The highest BCUT2D eigenvalue weighted by molar-refractivity contribution is 6.28. The van der Waals surface area contributed by atoms with E-state index in [1.807, 2.05) is 0 Å². The van der Waals surface area contributed by atoms with E-state index in [2.05, 4.69) is 32.1 Å². The molecule has 1 unspecified atom stereocenters. The van der Waals surface area contributed by atoms with Crippen molar-refractivity contribution in [3.05, 3.63) is 5.28 Å². The number of hydrogen-bond acceptors (Lipinski definition) is 6. The second kappa shape index (κ2) is 5.69. The average Bonchev–Trinajstić information content (AvgIpc) is 2.92. The predicted octanol–water partition coefficient (Wildman–Crippen LogP) is 2.11. The van der Waals surface area contributed by atoms with Gasteiger partial charge < -0.3 is 15.0 Å². The number of aromatic nitrogens is 3. The normalized spacial score (nSPS) is 26.8. The van der Waals surface area contributed by atoms with Crippen molar-refractivity contribution in [2.75, 3.05) is 36.5 Å². The third kappa shape index (κ3) is 3.12. The molecule has 0 spiro atoms. The molecule has 2 aliphatic heterocycles. The lowest BCUT2D eigenvalue weighted by atomic mass is 9.95. The second-order valence-electron chi connectivity index (χ2n) is 5.76. The maximum atomic E-state index is 6.03. The molecular weight excluding hydrogens is 278 g/mol. The van der Waals surface area contributed by atoms with E-state index in [0.29, 0.717) is 18.5 Å². The fraction of sp³-hybridized carbons (Fsp3) is 0.769. The van der Waals surface area contributed by atoms with Gasteiger partial charge in [-0.1, -0.05) is 0 Å². The lowest BCUT2D eigenvalue weighted by Gasteiger charge is -2.34. The van der Waals surface area contributed by atoms with Crippen LogP contribution < -0.4 is 10.2 Å². The first kappa shape index (κ1) is 13.8. The maximum Gasteiger partial charge on any atom is 0.231 e. The molecule has 0 saturated carbocycles. The molecule has 7 heteroatoms. The SMILES string of the molecule is CC1(Nc2nc(Cl)nc(N3CCCC3)n2)CCCOC1. The molecule has 1 atom stereocenters. The summed E-state index contributed by atoms with van der Waals surface area (Å²) in [5.74, 6) is 1.21. The third-order valence-corrected chi connectivity index (χ3v) is 4.01. The van der Waals surface area contributed by atoms with Gasteiger partial charge in [-0.15, -0.1) is 0 Å². The monoisotopic (exact) mass is 297 g/mol. The van der Waals surface area contributed by atoms with Crippen LogP contribution in [0.5, 0.6) is 0 Å². The van der Waals surface area contributed by atoms with Crippen molar-refractivity contribution in [1.29, 1.82) is 0 Å². The quantitative estimate of drug-likeness (QED) is 0.922. The number of ether oxygens (including phenoxy) is 1. The summed E-state index contributed by atoms with van der Waals surface area (Å²) in [5.41, 5.74) is -0.134. The van der Waals surface area contributed by atoms with Crippen molar-refractivity contribution in [1.82, 2.24) is 15.0 Å². The van der Waals surface area contributed by atoms with Gasteiger partial charge in [0.15, 0.2) is 0 Å². The minimum atomic E-state index is -0.134. The zero-order valence-corrected chi connectivity index (χ0v) is 12.5. The molecular formula is C13H20ClN5O. The van der Waals surface area contributed by atoms with Crippen LogP contribution in [0.2, 0.25) is 5.28 Å². The highest BCUT2D eigenvalue weighted by Crippen LogP contribution is 2.24. The number of nitrogens with one attached hydrogen (secondary N) is 1. The Bertz CT molecular complexity index is 472. The Hall–Kier alpha value is -1.14. The molecule has 2 saturated heterocycles. The number of anilines is 2. The summed E-state index contributed by atoms with van der Waals surface area (Å²) in [6.45, 7) is 5.59. The maximum absolute atomic E-state index is 6.03. The van der Waals surface area contributed by atoms with E-state index in [9.17, 15) is 0 Å². The van der Waals surface area contributed by atoms with Crippen LogP contribution in [0.3, 0.4) is 0 Å². The fourth-order valence-corrected chi connectivity index (χ4v) is 2.91. The molecule has 6 nitrogen and oxygen atoms in total. The van der Waals surface area contributed by atoms with Gasteiger partial charge in [-0.2, -0.15) is 15.0 Å². The second-order valence-corrected chi connectivity index (χ2v) is 6.10. The van der Waals surface area contributed by atoms with Gasteiger partial charge in [0.1, 0.15) is 0 Å². The molecule has 20 heavy (non-hydrogen) atoms. The van der Waals surface area contributed by atoms with E-state index in [1.54, 1.807) is 0 Å². The van der Waals surface area contributed by atoms with Gasteiger partial charge in [-0.3, -0.25) is 0 Å². The molecule has 110 valence electrons. The highest BCUT2D eigenvalue weighted by Gasteiger charge is 2.29. The van der Waals surface area contributed by atoms with Crippen LogP contribution in [-0.2, 0) is 4.74 Å². The van der Waals surface area contributed by atoms with Crippen molar-refractivity contribution >= 4 is 23.5 Å².